The molecule has 2 rings (SSSR count). The average molecular weight is 326 g/mol. The molecule has 0 fully saturated rings. The lowest BCUT2D eigenvalue weighted by Gasteiger charge is -2.16. The first-order valence-corrected chi connectivity index (χ1v) is 8.86. The second-order valence-electron chi connectivity index (χ2n) is 6.65. The quantitative estimate of drug-likeness (QED) is 0.628. The number of nitrogens with zero attached hydrogens (tertiary/aromatic N) is 3. The summed E-state index contributed by atoms with van der Waals surface area (Å²) in [5.74, 6) is 0.888. The Bertz CT molecular complexity index is 632. The van der Waals surface area contributed by atoms with Gasteiger partial charge in [-0.15, -0.1) is 0 Å². The Morgan fingerprint density at radius 1 is 1.00 bits per heavy atom. The first-order chi connectivity index (χ1) is 11.4. The minimum absolute atomic E-state index is 0.444. The fourth-order valence-electron chi connectivity index (χ4n) is 2.34. The van der Waals surface area contributed by atoms with Crippen LogP contribution in [0.5, 0.6) is 0 Å². The van der Waals surface area contributed by atoms with Crippen LogP contribution in [0.15, 0.2) is 35.6 Å². The van der Waals surface area contributed by atoms with Crippen molar-refractivity contribution in [3.8, 4) is 0 Å². The lowest BCUT2D eigenvalue weighted by molar-refractivity contribution is 0.835. The maximum atomic E-state index is 4.73. The van der Waals surface area contributed by atoms with Crippen LogP contribution in [-0.2, 0) is 0 Å². The molecule has 0 unspecified atom stereocenters. The zero-order valence-electron chi connectivity index (χ0n) is 16.2. The summed E-state index contributed by atoms with van der Waals surface area (Å²) in [4.78, 5) is 13.3. The summed E-state index contributed by atoms with van der Waals surface area (Å²) in [5, 5.41) is 0. The Balaban J connectivity index is 0.000000891. The number of hydrogen-bond acceptors (Lipinski definition) is 3. The summed E-state index contributed by atoms with van der Waals surface area (Å²) in [7, 11) is 0. The molecule has 0 saturated heterocycles. The van der Waals surface area contributed by atoms with Crippen LogP contribution < -0.4 is 0 Å². The molecule has 1 heterocycles. The number of aryl methyl sites for hydroxylation is 1. The third-order valence-electron chi connectivity index (χ3n) is 3.44. The van der Waals surface area contributed by atoms with E-state index in [1.165, 1.54) is 17.5 Å². The van der Waals surface area contributed by atoms with E-state index in [1.807, 2.05) is 13.1 Å². The van der Waals surface area contributed by atoms with E-state index < -0.39 is 0 Å². The van der Waals surface area contributed by atoms with E-state index in [0.717, 1.165) is 17.1 Å². The van der Waals surface area contributed by atoms with Crippen molar-refractivity contribution in [1.29, 1.82) is 0 Å². The third kappa shape index (κ3) is 5.88. The molecular formula is C21H31N3. The highest BCUT2D eigenvalue weighted by Crippen LogP contribution is 2.34. The molecule has 1 aromatic carbocycles. The number of benzene rings is 1. The molecule has 0 saturated carbocycles. The summed E-state index contributed by atoms with van der Waals surface area (Å²) < 4.78 is 0. The van der Waals surface area contributed by atoms with Crippen LogP contribution in [0.3, 0.4) is 0 Å². The van der Waals surface area contributed by atoms with Gasteiger partial charge in [-0.2, -0.15) is 0 Å². The summed E-state index contributed by atoms with van der Waals surface area (Å²) >= 11 is 0. The zero-order valence-corrected chi connectivity index (χ0v) is 16.2. The maximum Gasteiger partial charge on any atom is 0.0998 e. The number of rotatable bonds is 4. The lowest BCUT2D eigenvalue weighted by atomic mass is 9.93. The fraction of sp³-hybridized carbons (Fsp3) is 0.476. The van der Waals surface area contributed by atoms with Crippen molar-refractivity contribution in [2.45, 2.75) is 66.7 Å². The summed E-state index contributed by atoms with van der Waals surface area (Å²) in [6, 6.07) is 6.44. The van der Waals surface area contributed by atoms with Crippen molar-refractivity contribution in [2.24, 2.45) is 4.99 Å². The molecule has 0 aliphatic carbocycles. The zero-order chi connectivity index (χ0) is 18.1. The minimum atomic E-state index is 0.444. The van der Waals surface area contributed by atoms with E-state index in [1.54, 1.807) is 12.4 Å². The molecule has 3 nitrogen and oxygen atoms in total. The number of aromatic nitrogens is 2. The Morgan fingerprint density at radius 3 is 2.00 bits per heavy atom. The van der Waals surface area contributed by atoms with Gasteiger partial charge in [-0.1, -0.05) is 66.2 Å². The molecule has 0 bridgehead atoms. The van der Waals surface area contributed by atoms with Gasteiger partial charge in [0.2, 0.25) is 0 Å². The van der Waals surface area contributed by atoms with Crippen molar-refractivity contribution in [1.82, 2.24) is 9.97 Å². The number of para-hydroxylation sites is 1. The van der Waals surface area contributed by atoms with Gasteiger partial charge in [0.05, 0.1) is 29.5 Å². The van der Waals surface area contributed by atoms with Crippen LogP contribution >= 0.6 is 0 Å². The summed E-state index contributed by atoms with van der Waals surface area (Å²) in [5.41, 5.74) is 5.32. The van der Waals surface area contributed by atoms with Crippen molar-refractivity contribution in [2.75, 3.05) is 0 Å². The van der Waals surface area contributed by atoms with Gasteiger partial charge >= 0.3 is 0 Å². The van der Waals surface area contributed by atoms with Gasteiger partial charge < -0.3 is 0 Å². The summed E-state index contributed by atoms with van der Waals surface area (Å²) in [6.07, 6.45) is 6.55. The van der Waals surface area contributed by atoms with Gasteiger partial charge in [-0.25, -0.2) is 4.98 Å². The van der Waals surface area contributed by atoms with Crippen molar-refractivity contribution in [3.63, 3.8) is 0 Å². The molecule has 130 valence electrons. The Morgan fingerprint density at radius 2 is 1.54 bits per heavy atom. The van der Waals surface area contributed by atoms with Gasteiger partial charge in [0, 0.05) is 6.20 Å². The molecule has 0 aliphatic rings. The molecule has 2 aromatic rings. The lowest BCUT2D eigenvalue weighted by Crippen LogP contribution is -1.97. The van der Waals surface area contributed by atoms with E-state index in [9.17, 15) is 0 Å². The molecule has 3 heteroatoms. The van der Waals surface area contributed by atoms with Gasteiger partial charge in [0.1, 0.15) is 0 Å². The Hall–Kier alpha value is -2.03. The molecule has 0 aliphatic heterocycles. The average Bonchev–Trinajstić information content (AvgIpc) is 2.53. The second-order valence-corrected chi connectivity index (χ2v) is 6.65. The molecule has 0 amide bonds. The first-order valence-electron chi connectivity index (χ1n) is 8.86. The highest BCUT2D eigenvalue weighted by Gasteiger charge is 2.12. The predicted molar refractivity (Wildman–Crippen MR) is 105 cm³/mol. The molecule has 1 aromatic heterocycles. The Labute approximate surface area is 147 Å². The molecule has 0 spiro atoms. The van der Waals surface area contributed by atoms with Crippen LogP contribution in [0, 0.1) is 6.92 Å². The third-order valence-corrected chi connectivity index (χ3v) is 3.44. The highest BCUT2D eigenvalue weighted by molar-refractivity contribution is 5.80. The molecule has 0 atom stereocenters. The summed E-state index contributed by atoms with van der Waals surface area (Å²) in [6.45, 7) is 15.0. The normalized spacial score (nSPS) is 11.0. The molecule has 24 heavy (non-hydrogen) atoms. The van der Waals surface area contributed by atoms with E-state index >= 15 is 0 Å². The van der Waals surface area contributed by atoms with E-state index in [4.69, 9.17) is 4.99 Å². The van der Waals surface area contributed by atoms with Crippen LogP contribution in [0.4, 0.5) is 5.69 Å². The van der Waals surface area contributed by atoms with Crippen molar-refractivity contribution >= 4 is 11.9 Å². The van der Waals surface area contributed by atoms with Gasteiger partial charge in [0.15, 0.2) is 0 Å². The van der Waals surface area contributed by atoms with Crippen LogP contribution in [0.2, 0.25) is 0 Å². The molecular weight excluding hydrogens is 294 g/mol. The highest BCUT2D eigenvalue weighted by atomic mass is 14.8. The van der Waals surface area contributed by atoms with E-state index in [0.29, 0.717) is 11.8 Å². The first kappa shape index (κ1) is 20.0. The van der Waals surface area contributed by atoms with Crippen LogP contribution in [0.1, 0.15) is 82.3 Å². The minimum Gasteiger partial charge on any atom is -0.261 e. The molecule has 0 radical (unpaired) electrons. The van der Waals surface area contributed by atoms with Gasteiger partial charge in [0.25, 0.3) is 0 Å². The number of aliphatic imine (C=N–C) groups is 1. The number of hydrogen-bond donors (Lipinski definition) is 0. The topological polar surface area (TPSA) is 38.1 Å². The van der Waals surface area contributed by atoms with Crippen molar-refractivity contribution < 1.29 is 0 Å². The van der Waals surface area contributed by atoms with Gasteiger partial charge in [-0.05, 0) is 29.9 Å². The Kier molecular flexibility index (Phi) is 8.31. The SMILES string of the molecule is CCC.Cc1cncc(C=Nc2c(C(C)C)cccc2C(C)C)n1. The smallest absolute Gasteiger partial charge is 0.0998 e. The standard InChI is InChI=1S/C18H23N3.C3H8/c1-12(2)16-7-6-8-17(13(3)4)18(16)20-11-15-10-19-9-14(5)21-15;1-3-2/h6-13H,1-5H3;3H2,1-2H3. The van der Waals surface area contributed by atoms with E-state index in [-0.39, 0.29) is 0 Å². The van der Waals surface area contributed by atoms with Crippen LogP contribution in [-0.4, -0.2) is 16.2 Å². The monoisotopic (exact) mass is 325 g/mol. The van der Waals surface area contributed by atoms with Crippen molar-refractivity contribution in [3.05, 3.63) is 53.1 Å². The van der Waals surface area contributed by atoms with Crippen LogP contribution in [0.25, 0.3) is 0 Å². The second kappa shape index (κ2) is 9.96. The van der Waals surface area contributed by atoms with E-state index in [2.05, 4.69) is 69.7 Å². The largest absolute Gasteiger partial charge is 0.261 e. The predicted octanol–water partition coefficient (Wildman–Crippen LogP) is 6.20. The maximum absolute atomic E-state index is 4.73. The fourth-order valence-corrected chi connectivity index (χ4v) is 2.34. The molecule has 0 N–H and O–H groups in total. The van der Waals surface area contributed by atoms with Gasteiger partial charge in [-0.3, -0.25) is 9.98 Å².